The molecular weight excluding hydrogens is 502 g/mol. The molecular formula is C34H49NO3S. The van der Waals surface area contributed by atoms with Crippen LogP contribution in [0.2, 0.25) is 0 Å². The van der Waals surface area contributed by atoms with Gasteiger partial charge in [-0.05, 0) is 98.5 Å². The minimum Gasteiger partial charge on any atom is -0.393 e. The van der Waals surface area contributed by atoms with Gasteiger partial charge in [-0.15, -0.1) is 11.3 Å². The summed E-state index contributed by atoms with van der Waals surface area (Å²) in [6, 6.07) is 0. The standard InChI is InChI=1S/C34H49NO3S/c1-5-6-9-27-21-35-32(39-27)34(17-18-34)31(38)15-10-22(2)28-13-14-29-24(8-7-16-33(28,29)4)11-12-25-19-26(36)20-30(37)23(25)3/h10-12,15,21-22,26,28-31,36-38H,3,5-9,13-14,16-20H2,1-2,4H3/t22-,26-,28-,29+,30+,31+,33-/m1/s1. The number of hydrogen-bond acceptors (Lipinski definition) is 5. The molecule has 1 aromatic heterocycles. The summed E-state index contributed by atoms with van der Waals surface area (Å²) >= 11 is 1.81. The lowest BCUT2D eigenvalue weighted by atomic mass is 9.61. The summed E-state index contributed by atoms with van der Waals surface area (Å²) in [5.41, 5.74) is 3.39. The first-order valence-electron chi connectivity index (χ1n) is 15.4. The molecule has 39 heavy (non-hydrogen) atoms. The molecule has 4 saturated carbocycles. The van der Waals surface area contributed by atoms with Crippen molar-refractivity contribution in [1.82, 2.24) is 4.98 Å². The van der Waals surface area contributed by atoms with E-state index >= 15 is 0 Å². The van der Waals surface area contributed by atoms with E-state index < -0.39 is 18.3 Å². The fourth-order valence-electron chi connectivity index (χ4n) is 7.98. The maximum absolute atomic E-state index is 11.3. The van der Waals surface area contributed by atoms with Crippen LogP contribution in [-0.4, -0.2) is 38.6 Å². The van der Waals surface area contributed by atoms with Crippen molar-refractivity contribution in [2.24, 2.45) is 23.2 Å². The molecule has 5 rings (SSSR count). The van der Waals surface area contributed by atoms with Crippen molar-refractivity contribution in [3.63, 3.8) is 0 Å². The van der Waals surface area contributed by atoms with Crippen molar-refractivity contribution < 1.29 is 15.3 Å². The lowest BCUT2D eigenvalue weighted by Gasteiger charge is -2.44. The first kappa shape index (κ1) is 29.0. The van der Waals surface area contributed by atoms with Crippen LogP contribution >= 0.6 is 11.3 Å². The predicted octanol–water partition coefficient (Wildman–Crippen LogP) is 7.21. The number of aryl methyl sites for hydroxylation is 1. The van der Waals surface area contributed by atoms with Crippen LogP contribution in [0.25, 0.3) is 0 Å². The quantitative estimate of drug-likeness (QED) is 0.284. The van der Waals surface area contributed by atoms with Crippen LogP contribution in [0.3, 0.4) is 0 Å². The lowest BCUT2D eigenvalue weighted by molar-refractivity contribution is 0.0862. The van der Waals surface area contributed by atoms with Crippen LogP contribution < -0.4 is 0 Å². The molecule has 3 N–H and O–H groups in total. The average Bonchev–Trinajstić information content (AvgIpc) is 3.44. The molecule has 1 heterocycles. The molecule has 5 heteroatoms. The highest BCUT2D eigenvalue weighted by Gasteiger charge is 2.53. The number of fused-ring (bicyclic) bond motifs is 1. The van der Waals surface area contributed by atoms with Gasteiger partial charge >= 0.3 is 0 Å². The maximum Gasteiger partial charge on any atom is 0.102 e. The summed E-state index contributed by atoms with van der Waals surface area (Å²) in [5, 5.41) is 32.8. The van der Waals surface area contributed by atoms with Gasteiger partial charge in [0.15, 0.2) is 0 Å². The molecule has 0 bridgehead atoms. The van der Waals surface area contributed by atoms with Gasteiger partial charge in [-0.2, -0.15) is 0 Å². The number of aromatic nitrogens is 1. The Labute approximate surface area is 239 Å². The second-order valence-corrected chi connectivity index (χ2v) is 14.4. The molecule has 0 radical (unpaired) electrons. The zero-order valence-electron chi connectivity index (χ0n) is 24.2. The van der Waals surface area contributed by atoms with E-state index in [1.54, 1.807) is 0 Å². The first-order valence-corrected chi connectivity index (χ1v) is 16.3. The van der Waals surface area contributed by atoms with Crippen LogP contribution in [0.4, 0.5) is 0 Å². The highest BCUT2D eigenvalue weighted by molar-refractivity contribution is 7.11. The van der Waals surface area contributed by atoms with E-state index in [-0.39, 0.29) is 10.8 Å². The summed E-state index contributed by atoms with van der Waals surface area (Å²) in [6.07, 6.45) is 21.8. The third-order valence-electron chi connectivity index (χ3n) is 10.6. The number of rotatable bonds is 9. The van der Waals surface area contributed by atoms with E-state index in [0.717, 1.165) is 41.8 Å². The number of hydrogen-bond donors (Lipinski definition) is 3. The van der Waals surface area contributed by atoms with Gasteiger partial charge in [-0.25, -0.2) is 4.98 Å². The maximum atomic E-state index is 11.3. The Morgan fingerprint density at radius 1 is 1.18 bits per heavy atom. The van der Waals surface area contributed by atoms with E-state index in [1.165, 1.54) is 49.0 Å². The van der Waals surface area contributed by atoms with Gasteiger partial charge in [-0.1, -0.05) is 63.6 Å². The largest absolute Gasteiger partial charge is 0.393 e. The van der Waals surface area contributed by atoms with Crippen LogP contribution in [0.15, 0.2) is 53.8 Å². The Balaban J connectivity index is 1.26. The average molecular weight is 552 g/mol. The minimum absolute atomic E-state index is 0.161. The van der Waals surface area contributed by atoms with Crippen molar-refractivity contribution in [3.8, 4) is 0 Å². The topological polar surface area (TPSA) is 73.6 Å². The lowest BCUT2D eigenvalue weighted by Crippen LogP contribution is -2.35. The third-order valence-corrected chi connectivity index (χ3v) is 11.9. The summed E-state index contributed by atoms with van der Waals surface area (Å²) in [5.74, 6) is 1.60. The van der Waals surface area contributed by atoms with Crippen molar-refractivity contribution in [2.45, 2.75) is 122 Å². The fourth-order valence-corrected chi connectivity index (χ4v) is 9.22. The first-order chi connectivity index (χ1) is 18.7. The van der Waals surface area contributed by atoms with Crippen LogP contribution in [0.5, 0.6) is 0 Å². The minimum atomic E-state index is -0.637. The molecule has 1 aromatic rings. The molecule has 7 atom stereocenters. The molecule has 4 aliphatic carbocycles. The van der Waals surface area contributed by atoms with E-state index in [0.29, 0.717) is 30.6 Å². The van der Waals surface area contributed by atoms with Gasteiger partial charge in [0.2, 0.25) is 0 Å². The Morgan fingerprint density at radius 3 is 2.72 bits per heavy atom. The normalized spacial score (nSPS) is 36.0. The van der Waals surface area contributed by atoms with Crippen molar-refractivity contribution in [1.29, 1.82) is 0 Å². The summed E-state index contributed by atoms with van der Waals surface area (Å²) < 4.78 is 0. The molecule has 0 amide bonds. The summed E-state index contributed by atoms with van der Waals surface area (Å²) in [4.78, 5) is 6.10. The van der Waals surface area contributed by atoms with Crippen LogP contribution in [0, 0.1) is 23.2 Å². The molecule has 0 spiro atoms. The summed E-state index contributed by atoms with van der Waals surface area (Å²) in [7, 11) is 0. The van der Waals surface area contributed by atoms with Crippen molar-refractivity contribution >= 4 is 11.3 Å². The van der Waals surface area contributed by atoms with Gasteiger partial charge in [0, 0.05) is 17.5 Å². The monoisotopic (exact) mass is 551 g/mol. The zero-order valence-corrected chi connectivity index (χ0v) is 25.1. The van der Waals surface area contributed by atoms with Gasteiger partial charge in [0.05, 0.1) is 23.7 Å². The van der Waals surface area contributed by atoms with Gasteiger partial charge in [0.1, 0.15) is 5.01 Å². The van der Waals surface area contributed by atoms with E-state index in [9.17, 15) is 15.3 Å². The predicted molar refractivity (Wildman–Crippen MR) is 161 cm³/mol. The zero-order chi connectivity index (χ0) is 27.8. The molecule has 0 aliphatic heterocycles. The molecule has 4 nitrogen and oxygen atoms in total. The molecule has 0 unspecified atom stereocenters. The Bertz CT molecular complexity index is 1130. The Kier molecular flexibility index (Phi) is 8.74. The number of thiazole rings is 1. The SMILES string of the molecule is C=C1C(=CC=C2CCC[C@]3(C)[C@@H]([C@H](C)C=C[C@H](O)C4(c5ncc(CCCC)s5)CC4)CC[C@@H]23)C[C@@H](O)C[C@@H]1O. The van der Waals surface area contributed by atoms with Crippen molar-refractivity contribution in [3.05, 3.63) is 63.7 Å². The highest BCUT2D eigenvalue weighted by Crippen LogP contribution is 2.60. The van der Waals surface area contributed by atoms with E-state index in [1.807, 2.05) is 17.5 Å². The Morgan fingerprint density at radius 2 is 1.97 bits per heavy atom. The smallest absolute Gasteiger partial charge is 0.102 e. The van der Waals surface area contributed by atoms with Crippen molar-refractivity contribution in [2.75, 3.05) is 0 Å². The number of nitrogens with zero attached hydrogens (tertiary/aromatic N) is 1. The Hall–Kier alpha value is -1.53. The third kappa shape index (κ3) is 5.80. The van der Waals surface area contributed by atoms with Gasteiger partial charge in [0.25, 0.3) is 0 Å². The highest BCUT2D eigenvalue weighted by atomic mass is 32.1. The number of unbranched alkanes of at least 4 members (excludes halogenated alkanes) is 1. The number of aliphatic hydroxyl groups is 3. The van der Waals surface area contributed by atoms with Gasteiger partial charge < -0.3 is 15.3 Å². The molecule has 0 aromatic carbocycles. The number of allylic oxidation sites excluding steroid dienone is 4. The van der Waals surface area contributed by atoms with Crippen LogP contribution in [0.1, 0.15) is 101 Å². The molecule has 4 aliphatic rings. The van der Waals surface area contributed by atoms with E-state index in [4.69, 9.17) is 4.98 Å². The molecule has 0 saturated heterocycles. The summed E-state index contributed by atoms with van der Waals surface area (Å²) in [6.45, 7) is 11.2. The number of aliphatic hydroxyl groups excluding tert-OH is 3. The molecule has 4 fully saturated rings. The van der Waals surface area contributed by atoms with Gasteiger partial charge in [-0.3, -0.25) is 0 Å². The molecule has 214 valence electrons. The fraction of sp³-hybridized carbons (Fsp3) is 0.676. The second-order valence-electron chi connectivity index (χ2n) is 13.2. The van der Waals surface area contributed by atoms with E-state index in [2.05, 4.69) is 51.7 Å². The second kappa shape index (κ2) is 11.8. The van der Waals surface area contributed by atoms with Crippen LogP contribution in [-0.2, 0) is 11.8 Å².